The zero-order valence-electron chi connectivity index (χ0n) is 11.7. The lowest BCUT2D eigenvalue weighted by Crippen LogP contribution is -2.44. The summed E-state index contributed by atoms with van der Waals surface area (Å²) in [5.74, 6) is -1.31. The van der Waals surface area contributed by atoms with Crippen molar-refractivity contribution in [2.24, 2.45) is 0 Å². The Morgan fingerprint density at radius 3 is 2.48 bits per heavy atom. The van der Waals surface area contributed by atoms with Gasteiger partial charge in [-0.3, -0.25) is 10.1 Å². The highest BCUT2D eigenvalue weighted by Crippen LogP contribution is 2.35. The number of nitrogens with one attached hydrogen (secondary N) is 1. The first-order valence-electron chi connectivity index (χ1n) is 6.58. The van der Waals surface area contributed by atoms with Crippen LogP contribution in [0.15, 0.2) is 24.3 Å². The minimum absolute atomic E-state index is 0.0345. The quantitative estimate of drug-likeness (QED) is 0.871. The summed E-state index contributed by atoms with van der Waals surface area (Å²) in [6.45, 7) is 1.81. The van der Waals surface area contributed by atoms with Crippen molar-refractivity contribution >= 4 is 5.91 Å². The Hall–Kier alpha value is -1.63. The number of halogens is 4. The summed E-state index contributed by atoms with van der Waals surface area (Å²) in [4.78, 5) is 12.9. The number of carbonyl (C=O) groups is 1. The smallest absolute Gasteiger partial charge is 0.312 e. The van der Waals surface area contributed by atoms with Gasteiger partial charge in [-0.2, -0.15) is 13.2 Å². The van der Waals surface area contributed by atoms with E-state index in [1.165, 1.54) is 25.1 Å². The Labute approximate surface area is 119 Å². The molecule has 21 heavy (non-hydrogen) atoms. The first kappa shape index (κ1) is 15.8. The zero-order chi connectivity index (χ0) is 15.8. The molecule has 0 radical (unpaired) electrons. The van der Waals surface area contributed by atoms with Crippen LogP contribution in [0, 0.1) is 5.82 Å². The summed E-state index contributed by atoms with van der Waals surface area (Å²) in [6, 6.07) is 5.51. The number of alkyl halides is 3. The third-order valence-corrected chi connectivity index (χ3v) is 3.76. The lowest BCUT2D eigenvalue weighted by Gasteiger charge is -2.25. The van der Waals surface area contributed by atoms with E-state index in [2.05, 4.69) is 5.32 Å². The summed E-state index contributed by atoms with van der Waals surface area (Å²) in [5.41, 5.74) is -1.09. The van der Waals surface area contributed by atoms with Crippen LogP contribution in [-0.4, -0.2) is 29.1 Å². The van der Waals surface area contributed by atoms with Crippen LogP contribution in [0.25, 0.3) is 0 Å². The molecule has 2 rings (SSSR count). The van der Waals surface area contributed by atoms with Crippen molar-refractivity contribution < 1.29 is 22.4 Å². The summed E-state index contributed by atoms with van der Waals surface area (Å²) in [6.07, 6.45) is -5.35. The van der Waals surface area contributed by atoms with E-state index in [0.717, 1.165) is 6.07 Å². The fraction of sp³-hybridized carbons (Fsp3) is 0.500. The molecule has 0 saturated carbocycles. The second-order valence-electron chi connectivity index (χ2n) is 5.30. The maximum absolute atomic E-state index is 13.9. The molecule has 116 valence electrons. The molecule has 1 aromatic carbocycles. The molecule has 0 spiro atoms. The molecule has 1 aliphatic heterocycles. The molecule has 0 bridgehead atoms. The number of amides is 1. The summed E-state index contributed by atoms with van der Waals surface area (Å²) >= 11 is 0. The Kier molecular flexibility index (Phi) is 3.97. The number of hydrogen-bond acceptors (Lipinski definition) is 2. The Morgan fingerprint density at radius 1 is 1.33 bits per heavy atom. The van der Waals surface area contributed by atoms with Crippen LogP contribution in [0.4, 0.5) is 17.6 Å². The third kappa shape index (κ3) is 3.02. The van der Waals surface area contributed by atoms with Gasteiger partial charge in [0.15, 0.2) is 0 Å². The van der Waals surface area contributed by atoms with Gasteiger partial charge in [-0.1, -0.05) is 25.1 Å². The van der Waals surface area contributed by atoms with Gasteiger partial charge in [0.1, 0.15) is 18.5 Å². The first-order valence-corrected chi connectivity index (χ1v) is 6.58. The van der Waals surface area contributed by atoms with Crippen LogP contribution < -0.4 is 5.32 Å². The van der Waals surface area contributed by atoms with E-state index in [1.807, 2.05) is 0 Å². The van der Waals surface area contributed by atoms with E-state index < -0.39 is 36.2 Å². The highest BCUT2D eigenvalue weighted by atomic mass is 19.4. The topological polar surface area (TPSA) is 32.3 Å². The maximum atomic E-state index is 13.9. The van der Waals surface area contributed by atoms with Gasteiger partial charge in [0, 0.05) is 5.56 Å². The van der Waals surface area contributed by atoms with Crippen molar-refractivity contribution in [2.45, 2.75) is 38.1 Å². The van der Waals surface area contributed by atoms with E-state index in [4.69, 9.17) is 0 Å². The molecule has 1 aliphatic rings. The van der Waals surface area contributed by atoms with E-state index in [-0.39, 0.29) is 5.56 Å². The molecule has 1 amide bonds. The summed E-state index contributed by atoms with van der Waals surface area (Å²) in [7, 11) is 0. The predicted molar refractivity (Wildman–Crippen MR) is 68.7 cm³/mol. The molecule has 0 aliphatic carbocycles. The van der Waals surface area contributed by atoms with Gasteiger partial charge in [-0.15, -0.1) is 0 Å². The van der Waals surface area contributed by atoms with Gasteiger partial charge >= 0.3 is 6.18 Å². The fourth-order valence-electron chi connectivity index (χ4n) is 2.43. The van der Waals surface area contributed by atoms with Gasteiger partial charge in [0.25, 0.3) is 0 Å². The SMILES string of the molecule is CCC1(C)NC(c2ccccc2F)N(CC(F)(F)F)C1=O. The monoisotopic (exact) mass is 304 g/mol. The van der Waals surface area contributed by atoms with Gasteiger partial charge in [0.05, 0.1) is 5.54 Å². The number of benzene rings is 1. The van der Waals surface area contributed by atoms with Crippen LogP contribution >= 0.6 is 0 Å². The van der Waals surface area contributed by atoms with Crippen molar-refractivity contribution in [3.8, 4) is 0 Å². The van der Waals surface area contributed by atoms with Crippen molar-refractivity contribution in [1.82, 2.24) is 10.2 Å². The van der Waals surface area contributed by atoms with Crippen LogP contribution in [0.3, 0.4) is 0 Å². The molecule has 2 atom stereocenters. The van der Waals surface area contributed by atoms with Gasteiger partial charge in [-0.05, 0) is 19.4 Å². The molecule has 2 unspecified atom stereocenters. The number of nitrogens with zero attached hydrogens (tertiary/aromatic N) is 1. The molecule has 7 heteroatoms. The molecule has 3 nitrogen and oxygen atoms in total. The first-order chi connectivity index (χ1) is 9.68. The summed E-state index contributed by atoms with van der Waals surface area (Å²) < 4.78 is 52.0. The largest absolute Gasteiger partial charge is 0.406 e. The molecule has 1 N–H and O–H groups in total. The second kappa shape index (κ2) is 5.29. The minimum atomic E-state index is -4.54. The maximum Gasteiger partial charge on any atom is 0.406 e. The van der Waals surface area contributed by atoms with Crippen molar-refractivity contribution in [3.05, 3.63) is 35.6 Å². The normalized spacial score (nSPS) is 26.5. The predicted octanol–water partition coefficient (Wildman–Crippen LogP) is 2.99. The molecular weight excluding hydrogens is 288 g/mol. The van der Waals surface area contributed by atoms with Gasteiger partial charge in [-0.25, -0.2) is 4.39 Å². The third-order valence-electron chi connectivity index (χ3n) is 3.76. The standard InChI is InChI=1S/C14H16F4N2O/c1-3-13(2)12(21)20(8-14(16,17)18)11(19-13)9-6-4-5-7-10(9)15/h4-7,11,19H,3,8H2,1-2H3. The molecule has 1 saturated heterocycles. The van der Waals surface area contributed by atoms with Crippen LogP contribution in [0.1, 0.15) is 32.0 Å². The van der Waals surface area contributed by atoms with E-state index in [1.54, 1.807) is 6.92 Å². The Balaban J connectivity index is 2.42. The van der Waals surface area contributed by atoms with Crippen molar-refractivity contribution in [3.63, 3.8) is 0 Å². The zero-order valence-corrected chi connectivity index (χ0v) is 11.7. The van der Waals surface area contributed by atoms with Crippen LogP contribution in [-0.2, 0) is 4.79 Å². The molecule has 1 aromatic rings. The van der Waals surface area contributed by atoms with Gasteiger partial charge < -0.3 is 4.90 Å². The van der Waals surface area contributed by atoms with Crippen molar-refractivity contribution in [1.29, 1.82) is 0 Å². The Bertz CT molecular complexity index is 546. The molecule has 0 aromatic heterocycles. The highest BCUT2D eigenvalue weighted by Gasteiger charge is 2.50. The van der Waals surface area contributed by atoms with E-state index in [0.29, 0.717) is 11.3 Å². The lowest BCUT2D eigenvalue weighted by molar-refractivity contribution is -0.162. The number of rotatable bonds is 3. The number of carbonyl (C=O) groups excluding carboxylic acids is 1. The molecule has 1 fully saturated rings. The van der Waals surface area contributed by atoms with E-state index in [9.17, 15) is 22.4 Å². The molecule has 1 heterocycles. The Morgan fingerprint density at radius 2 is 1.95 bits per heavy atom. The average molecular weight is 304 g/mol. The second-order valence-corrected chi connectivity index (χ2v) is 5.30. The van der Waals surface area contributed by atoms with E-state index >= 15 is 0 Å². The average Bonchev–Trinajstić information content (AvgIpc) is 2.63. The van der Waals surface area contributed by atoms with Gasteiger partial charge in [0.2, 0.25) is 5.91 Å². The summed E-state index contributed by atoms with van der Waals surface area (Å²) in [5, 5.41) is 2.83. The highest BCUT2D eigenvalue weighted by molar-refractivity contribution is 5.88. The molecular formula is C14H16F4N2O. The van der Waals surface area contributed by atoms with Crippen LogP contribution in [0.2, 0.25) is 0 Å². The van der Waals surface area contributed by atoms with Crippen LogP contribution in [0.5, 0.6) is 0 Å². The minimum Gasteiger partial charge on any atom is -0.312 e. The lowest BCUT2D eigenvalue weighted by atomic mass is 9.99. The number of hydrogen-bond donors (Lipinski definition) is 1. The van der Waals surface area contributed by atoms with Crippen molar-refractivity contribution in [2.75, 3.05) is 6.54 Å². The fourth-order valence-corrected chi connectivity index (χ4v) is 2.43.